The van der Waals surface area contributed by atoms with Gasteiger partial charge in [-0.3, -0.25) is 0 Å². The maximum absolute atomic E-state index is 11.3. The lowest BCUT2D eigenvalue weighted by molar-refractivity contribution is 0.0520. The predicted molar refractivity (Wildman–Crippen MR) is 59.2 cm³/mol. The van der Waals surface area contributed by atoms with Gasteiger partial charge in [0.05, 0.1) is 12.1 Å². The summed E-state index contributed by atoms with van der Waals surface area (Å²) in [6.45, 7) is 2.13. The smallest absolute Gasteiger partial charge is 0.357 e. The van der Waals surface area contributed by atoms with E-state index in [4.69, 9.17) is 4.74 Å². The molecule has 0 fully saturated rings. The van der Waals surface area contributed by atoms with Crippen molar-refractivity contribution >= 4 is 28.6 Å². The fraction of sp³-hybridized carbons (Fsp3) is 0.222. The average molecular weight is 240 g/mol. The molecule has 78 valence electrons. The van der Waals surface area contributed by atoms with Gasteiger partial charge in [0.15, 0.2) is 5.69 Å². The second-order valence-corrected chi connectivity index (χ2v) is 4.21. The fourth-order valence-electron chi connectivity index (χ4n) is 1.01. The molecule has 0 unspecified atom stereocenters. The minimum Gasteiger partial charge on any atom is -0.461 e. The van der Waals surface area contributed by atoms with E-state index in [1.54, 1.807) is 17.8 Å². The Bertz CT molecular complexity index is 450. The van der Waals surface area contributed by atoms with E-state index in [0.29, 0.717) is 12.3 Å². The highest BCUT2D eigenvalue weighted by Crippen LogP contribution is 2.23. The van der Waals surface area contributed by atoms with Crippen molar-refractivity contribution in [2.75, 3.05) is 6.61 Å². The number of ether oxygens (including phenoxy) is 1. The van der Waals surface area contributed by atoms with Gasteiger partial charge < -0.3 is 4.74 Å². The zero-order chi connectivity index (χ0) is 10.7. The van der Waals surface area contributed by atoms with Crippen molar-refractivity contribution < 1.29 is 9.53 Å². The Kier molecular flexibility index (Phi) is 3.08. The zero-order valence-corrected chi connectivity index (χ0v) is 9.60. The van der Waals surface area contributed by atoms with Crippen LogP contribution in [0.25, 0.3) is 10.7 Å². The lowest BCUT2D eigenvalue weighted by atomic mass is 10.5. The number of carbonyl (C=O) groups excluding carboxylic acids is 1. The second kappa shape index (κ2) is 4.50. The molecule has 0 amide bonds. The standard InChI is InChI=1S/C9H8N2O2S2/c1-2-13-9(12)7-4-15-8(11-7)6-3-14-5-10-6/h3-5H,2H2,1H3. The molecule has 2 heterocycles. The Balaban J connectivity index is 2.21. The van der Waals surface area contributed by atoms with Crippen LogP contribution in [0.3, 0.4) is 0 Å². The normalized spacial score (nSPS) is 10.2. The predicted octanol–water partition coefficient (Wildman–Crippen LogP) is 2.44. The van der Waals surface area contributed by atoms with E-state index in [1.807, 2.05) is 5.38 Å². The van der Waals surface area contributed by atoms with E-state index in [0.717, 1.165) is 10.7 Å². The van der Waals surface area contributed by atoms with Crippen LogP contribution in [-0.4, -0.2) is 22.5 Å². The number of aromatic nitrogens is 2. The van der Waals surface area contributed by atoms with Crippen LogP contribution in [0.4, 0.5) is 0 Å². The number of esters is 1. The third-order valence-electron chi connectivity index (χ3n) is 1.64. The fourth-order valence-corrected chi connectivity index (χ4v) is 2.38. The highest BCUT2D eigenvalue weighted by molar-refractivity contribution is 7.14. The molecule has 0 saturated heterocycles. The molecular weight excluding hydrogens is 232 g/mol. The van der Waals surface area contributed by atoms with Gasteiger partial charge in [-0.05, 0) is 6.92 Å². The van der Waals surface area contributed by atoms with Crippen LogP contribution in [-0.2, 0) is 4.74 Å². The van der Waals surface area contributed by atoms with Crippen molar-refractivity contribution in [1.29, 1.82) is 0 Å². The van der Waals surface area contributed by atoms with Crippen LogP contribution >= 0.6 is 22.7 Å². The minimum atomic E-state index is -0.379. The maximum Gasteiger partial charge on any atom is 0.357 e. The molecule has 0 aromatic carbocycles. The molecule has 0 bridgehead atoms. The van der Waals surface area contributed by atoms with Gasteiger partial charge in [0.1, 0.15) is 10.7 Å². The summed E-state index contributed by atoms with van der Waals surface area (Å²) in [5.41, 5.74) is 2.89. The summed E-state index contributed by atoms with van der Waals surface area (Å²) in [4.78, 5) is 19.6. The summed E-state index contributed by atoms with van der Waals surface area (Å²) in [7, 11) is 0. The summed E-state index contributed by atoms with van der Waals surface area (Å²) in [6.07, 6.45) is 0. The molecule has 6 heteroatoms. The van der Waals surface area contributed by atoms with Gasteiger partial charge in [0.2, 0.25) is 0 Å². The molecule has 0 radical (unpaired) electrons. The summed E-state index contributed by atoms with van der Waals surface area (Å²) >= 11 is 2.90. The quantitative estimate of drug-likeness (QED) is 0.773. The van der Waals surface area contributed by atoms with Crippen molar-refractivity contribution in [3.63, 3.8) is 0 Å². The lowest BCUT2D eigenvalue weighted by Gasteiger charge is -1.95. The first-order chi connectivity index (χ1) is 7.31. The summed E-state index contributed by atoms with van der Waals surface area (Å²) < 4.78 is 4.85. The van der Waals surface area contributed by atoms with E-state index >= 15 is 0 Å². The summed E-state index contributed by atoms with van der Waals surface area (Å²) in [5, 5.41) is 4.33. The first kappa shape index (κ1) is 10.3. The molecule has 0 aliphatic carbocycles. The second-order valence-electron chi connectivity index (χ2n) is 2.63. The Morgan fingerprint density at radius 2 is 2.40 bits per heavy atom. The van der Waals surface area contributed by atoms with Crippen molar-refractivity contribution in [1.82, 2.24) is 9.97 Å². The number of hydrogen-bond donors (Lipinski definition) is 0. The minimum absolute atomic E-state index is 0.352. The van der Waals surface area contributed by atoms with Gasteiger partial charge >= 0.3 is 5.97 Å². The number of carbonyl (C=O) groups is 1. The van der Waals surface area contributed by atoms with Gasteiger partial charge in [-0.2, -0.15) is 0 Å². The van der Waals surface area contributed by atoms with Crippen LogP contribution in [0, 0.1) is 0 Å². The van der Waals surface area contributed by atoms with Crippen molar-refractivity contribution in [3.8, 4) is 10.7 Å². The molecule has 0 atom stereocenters. The Morgan fingerprint density at radius 1 is 1.53 bits per heavy atom. The van der Waals surface area contributed by atoms with E-state index in [2.05, 4.69) is 9.97 Å². The highest BCUT2D eigenvalue weighted by Gasteiger charge is 2.13. The lowest BCUT2D eigenvalue weighted by Crippen LogP contribution is -2.04. The molecule has 0 N–H and O–H groups in total. The van der Waals surface area contributed by atoms with Crippen LogP contribution in [0.15, 0.2) is 16.3 Å². The Labute approximate surface area is 94.6 Å². The number of nitrogens with zero attached hydrogens (tertiary/aromatic N) is 2. The number of hydrogen-bond acceptors (Lipinski definition) is 6. The van der Waals surface area contributed by atoms with Crippen molar-refractivity contribution in [2.45, 2.75) is 6.92 Å². The van der Waals surface area contributed by atoms with Crippen molar-refractivity contribution in [3.05, 3.63) is 22.0 Å². The molecule has 2 aromatic heterocycles. The third kappa shape index (κ3) is 2.21. The average Bonchev–Trinajstić information content (AvgIpc) is 2.89. The van der Waals surface area contributed by atoms with E-state index in [1.165, 1.54) is 22.7 Å². The van der Waals surface area contributed by atoms with E-state index in [-0.39, 0.29) is 5.97 Å². The SMILES string of the molecule is CCOC(=O)c1csc(-c2cscn2)n1. The van der Waals surface area contributed by atoms with Crippen LogP contribution in [0.1, 0.15) is 17.4 Å². The molecule has 0 aliphatic rings. The Morgan fingerprint density at radius 3 is 3.07 bits per heavy atom. The Hall–Kier alpha value is -1.27. The molecule has 15 heavy (non-hydrogen) atoms. The molecular formula is C9H8N2O2S2. The van der Waals surface area contributed by atoms with Crippen molar-refractivity contribution in [2.24, 2.45) is 0 Å². The monoisotopic (exact) mass is 240 g/mol. The largest absolute Gasteiger partial charge is 0.461 e. The molecule has 0 aliphatic heterocycles. The molecule has 0 spiro atoms. The molecule has 0 saturated carbocycles. The maximum atomic E-state index is 11.3. The van der Waals surface area contributed by atoms with Gasteiger partial charge in [0, 0.05) is 10.8 Å². The summed E-state index contributed by atoms with van der Waals surface area (Å²) in [5.74, 6) is -0.379. The van der Waals surface area contributed by atoms with Gasteiger partial charge in [-0.25, -0.2) is 14.8 Å². The van der Waals surface area contributed by atoms with Crippen LogP contribution in [0.2, 0.25) is 0 Å². The van der Waals surface area contributed by atoms with E-state index in [9.17, 15) is 4.79 Å². The first-order valence-electron chi connectivity index (χ1n) is 4.32. The number of thiazole rings is 2. The first-order valence-corrected chi connectivity index (χ1v) is 6.14. The van der Waals surface area contributed by atoms with Gasteiger partial charge in [-0.1, -0.05) is 0 Å². The highest BCUT2D eigenvalue weighted by atomic mass is 32.1. The zero-order valence-electron chi connectivity index (χ0n) is 7.97. The van der Waals surface area contributed by atoms with Crippen LogP contribution in [0.5, 0.6) is 0 Å². The van der Waals surface area contributed by atoms with E-state index < -0.39 is 0 Å². The molecule has 2 rings (SSSR count). The molecule has 4 nitrogen and oxygen atoms in total. The topological polar surface area (TPSA) is 52.1 Å². The van der Waals surface area contributed by atoms with Gasteiger partial charge in [0.25, 0.3) is 0 Å². The van der Waals surface area contributed by atoms with Gasteiger partial charge in [-0.15, -0.1) is 22.7 Å². The van der Waals surface area contributed by atoms with Crippen LogP contribution < -0.4 is 0 Å². The third-order valence-corrected chi connectivity index (χ3v) is 3.09. The number of rotatable bonds is 3. The molecule has 2 aromatic rings. The summed E-state index contributed by atoms with van der Waals surface area (Å²) in [6, 6.07) is 0.